The minimum Gasteiger partial charge on any atom is -0.330 e. The molecule has 6 heteroatoms. The summed E-state index contributed by atoms with van der Waals surface area (Å²) in [5.74, 6) is 0.724. The van der Waals surface area contributed by atoms with E-state index in [1.807, 2.05) is 28.9 Å². The van der Waals surface area contributed by atoms with E-state index in [1.165, 1.54) is 0 Å². The van der Waals surface area contributed by atoms with Gasteiger partial charge in [0.15, 0.2) is 5.65 Å². The average Bonchev–Trinajstić information content (AvgIpc) is 3.13. The molecule has 1 saturated carbocycles. The molecular weight excluding hydrogens is 338 g/mol. The SMILES string of the molecule is NCC1CCC(C(=O)Nc2ccnc3c2cnn3Cc2ccccc2)CC1. The Hall–Kier alpha value is -2.73. The molecular formula is C21H25N5O. The normalized spacial score (nSPS) is 19.9. The second-order valence-electron chi connectivity index (χ2n) is 7.33. The van der Waals surface area contributed by atoms with E-state index in [0.29, 0.717) is 12.5 Å². The molecule has 3 aromatic rings. The molecule has 6 nitrogen and oxygen atoms in total. The predicted octanol–water partition coefficient (Wildman–Crippen LogP) is 3.18. The summed E-state index contributed by atoms with van der Waals surface area (Å²) in [6.45, 7) is 1.37. The maximum atomic E-state index is 12.7. The number of nitrogens with one attached hydrogen (secondary N) is 1. The van der Waals surface area contributed by atoms with E-state index < -0.39 is 0 Å². The molecule has 0 spiro atoms. The molecule has 0 unspecified atom stereocenters. The fourth-order valence-corrected chi connectivity index (χ4v) is 3.85. The van der Waals surface area contributed by atoms with Crippen molar-refractivity contribution in [3.63, 3.8) is 0 Å². The molecule has 27 heavy (non-hydrogen) atoms. The smallest absolute Gasteiger partial charge is 0.227 e. The second-order valence-corrected chi connectivity index (χ2v) is 7.33. The number of carbonyl (C=O) groups is 1. The Morgan fingerprint density at radius 3 is 2.67 bits per heavy atom. The Morgan fingerprint density at radius 2 is 1.93 bits per heavy atom. The van der Waals surface area contributed by atoms with Gasteiger partial charge in [-0.15, -0.1) is 0 Å². The summed E-state index contributed by atoms with van der Waals surface area (Å²) in [7, 11) is 0. The van der Waals surface area contributed by atoms with Gasteiger partial charge in [0.05, 0.1) is 23.8 Å². The molecule has 0 bridgehead atoms. The first-order valence-electron chi connectivity index (χ1n) is 9.60. The van der Waals surface area contributed by atoms with E-state index >= 15 is 0 Å². The molecule has 4 rings (SSSR count). The number of nitrogens with zero attached hydrogens (tertiary/aromatic N) is 3. The van der Waals surface area contributed by atoms with Crippen molar-refractivity contribution in [1.82, 2.24) is 14.8 Å². The van der Waals surface area contributed by atoms with Crippen molar-refractivity contribution in [2.45, 2.75) is 32.2 Å². The average molecular weight is 363 g/mol. The minimum atomic E-state index is 0.0652. The Balaban J connectivity index is 1.50. The van der Waals surface area contributed by atoms with Crippen molar-refractivity contribution in [3.8, 4) is 0 Å². The van der Waals surface area contributed by atoms with Crippen LogP contribution in [-0.4, -0.2) is 27.2 Å². The van der Waals surface area contributed by atoms with Gasteiger partial charge in [0.2, 0.25) is 5.91 Å². The lowest BCUT2D eigenvalue weighted by atomic mass is 9.81. The number of hydrogen-bond acceptors (Lipinski definition) is 4. The van der Waals surface area contributed by atoms with Crippen molar-refractivity contribution in [2.75, 3.05) is 11.9 Å². The Labute approximate surface area is 158 Å². The van der Waals surface area contributed by atoms with Gasteiger partial charge in [-0.25, -0.2) is 9.67 Å². The van der Waals surface area contributed by atoms with E-state index in [0.717, 1.165) is 54.5 Å². The van der Waals surface area contributed by atoms with E-state index in [2.05, 4.69) is 27.5 Å². The van der Waals surface area contributed by atoms with Crippen LogP contribution in [0.1, 0.15) is 31.2 Å². The van der Waals surface area contributed by atoms with Gasteiger partial charge < -0.3 is 11.1 Å². The van der Waals surface area contributed by atoms with Crippen LogP contribution in [0.2, 0.25) is 0 Å². The molecule has 1 aliphatic rings. The molecule has 0 atom stereocenters. The zero-order valence-corrected chi connectivity index (χ0v) is 15.3. The quantitative estimate of drug-likeness (QED) is 0.729. The number of rotatable bonds is 5. The van der Waals surface area contributed by atoms with Gasteiger partial charge in [0, 0.05) is 12.1 Å². The van der Waals surface area contributed by atoms with Gasteiger partial charge in [-0.2, -0.15) is 5.10 Å². The largest absolute Gasteiger partial charge is 0.330 e. The van der Waals surface area contributed by atoms with Gasteiger partial charge in [-0.05, 0) is 49.8 Å². The molecule has 140 valence electrons. The van der Waals surface area contributed by atoms with Crippen molar-refractivity contribution in [1.29, 1.82) is 0 Å². The summed E-state index contributed by atoms with van der Waals surface area (Å²) in [4.78, 5) is 17.2. The topological polar surface area (TPSA) is 85.8 Å². The van der Waals surface area contributed by atoms with Crippen molar-refractivity contribution in [3.05, 3.63) is 54.4 Å². The summed E-state index contributed by atoms with van der Waals surface area (Å²) in [6.07, 6.45) is 7.41. The van der Waals surface area contributed by atoms with Crippen molar-refractivity contribution >= 4 is 22.6 Å². The van der Waals surface area contributed by atoms with Gasteiger partial charge in [0.1, 0.15) is 0 Å². The van der Waals surface area contributed by atoms with E-state index in [1.54, 1.807) is 12.4 Å². The van der Waals surface area contributed by atoms with Gasteiger partial charge in [-0.1, -0.05) is 30.3 Å². The van der Waals surface area contributed by atoms with Crippen LogP contribution in [0.15, 0.2) is 48.8 Å². The number of nitrogens with two attached hydrogens (primary N) is 1. The summed E-state index contributed by atoms with van der Waals surface area (Å²) in [6, 6.07) is 12.0. The number of carbonyl (C=O) groups excluding carboxylic acids is 1. The predicted molar refractivity (Wildman–Crippen MR) is 106 cm³/mol. The highest BCUT2D eigenvalue weighted by atomic mass is 16.1. The first-order valence-corrected chi connectivity index (χ1v) is 9.60. The number of hydrogen-bond donors (Lipinski definition) is 2. The Bertz CT molecular complexity index is 913. The molecule has 1 fully saturated rings. The van der Waals surface area contributed by atoms with E-state index in [4.69, 9.17) is 5.73 Å². The highest BCUT2D eigenvalue weighted by Crippen LogP contribution is 2.30. The summed E-state index contributed by atoms with van der Waals surface area (Å²) in [5, 5.41) is 8.45. The first-order chi connectivity index (χ1) is 13.2. The lowest BCUT2D eigenvalue weighted by Crippen LogP contribution is -2.29. The standard InChI is InChI=1S/C21H25N5O/c22-12-15-6-8-17(9-7-15)21(27)25-19-10-11-23-20-18(19)13-24-26(20)14-16-4-2-1-3-5-16/h1-5,10-11,13,15,17H,6-9,12,14,22H2,(H,23,25,27). The minimum absolute atomic E-state index is 0.0652. The molecule has 1 amide bonds. The van der Waals surface area contributed by atoms with Crippen LogP contribution < -0.4 is 11.1 Å². The molecule has 2 heterocycles. The second kappa shape index (κ2) is 7.88. The molecule has 3 N–H and O–H groups in total. The summed E-state index contributed by atoms with van der Waals surface area (Å²) < 4.78 is 1.87. The third-order valence-corrected chi connectivity index (χ3v) is 5.52. The molecule has 1 aliphatic carbocycles. The maximum absolute atomic E-state index is 12.7. The number of anilines is 1. The Morgan fingerprint density at radius 1 is 1.15 bits per heavy atom. The van der Waals surface area contributed by atoms with Crippen LogP contribution in [0.5, 0.6) is 0 Å². The zero-order chi connectivity index (χ0) is 18.6. The molecule has 0 radical (unpaired) electrons. The third kappa shape index (κ3) is 3.85. The first kappa shape index (κ1) is 17.7. The van der Waals surface area contributed by atoms with Crippen LogP contribution >= 0.6 is 0 Å². The lowest BCUT2D eigenvalue weighted by molar-refractivity contribution is -0.121. The maximum Gasteiger partial charge on any atom is 0.227 e. The van der Waals surface area contributed by atoms with Gasteiger partial charge in [0.25, 0.3) is 0 Å². The third-order valence-electron chi connectivity index (χ3n) is 5.52. The van der Waals surface area contributed by atoms with Crippen LogP contribution in [0.3, 0.4) is 0 Å². The van der Waals surface area contributed by atoms with Crippen molar-refractivity contribution in [2.24, 2.45) is 17.6 Å². The van der Waals surface area contributed by atoms with Crippen LogP contribution in [-0.2, 0) is 11.3 Å². The Kier molecular flexibility index (Phi) is 5.16. The van der Waals surface area contributed by atoms with Gasteiger partial charge >= 0.3 is 0 Å². The summed E-state index contributed by atoms with van der Waals surface area (Å²) in [5.41, 5.74) is 8.48. The van der Waals surface area contributed by atoms with E-state index in [-0.39, 0.29) is 11.8 Å². The van der Waals surface area contributed by atoms with Crippen LogP contribution in [0.25, 0.3) is 11.0 Å². The van der Waals surface area contributed by atoms with Gasteiger partial charge in [-0.3, -0.25) is 4.79 Å². The molecule has 2 aromatic heterocycles. The fourth-order valence-electron chi connectivity index (χ4n) is 3.85. The highest BCUT2D eigenvalue weighted by Gasteiger charge is 2.26. The molecule has 0 saturated heterocycles. The lowest BCUT2D eigenvalue weighted by Gasteiger charge is -2.26. The van der Waals surface area contributed by atoms with Crippen LogP contribution in [0.4, 0.5) is 5.69 Å². The monoisotopic (exact) mass is 363 g/mol. The number of fused-ring (bicyclic) bond motifs is 1. The molecule has 1 aromatic carbocycles. The van der Waals surface area contributed by atoms with E-state index in [9.17, 15) is 4.79 Å². The highest BCUT2D eigenvalue weighted by molar-refractivity contribution is 6.00. The fraction of sp³-hybridized carbons (Fsp3) is 0.381. The number of aromatic nitrogens is 3. The number of amides is 1. The number of benzene rings is 1. The number of pyridine rings is 1. The molecule has 0 aliphatic heterocycles. The van der Waals surface area contributed by atoms with Crippen LogP contribution in [0, 0.1) is 11.8 Å². The summed E-state index contributed by atoms with van der Waals surface area (Å²) >= 11 is 0. The zero-order valence-electron chi connectivity index (χ0n) is 15.3. The van der Waals surface area contributed by atoms with Crippen molar-refractivity contribution < 1.29 is 4.79 Å².